The molecule has 1 aliphatic heterocycles. The van der Waals surface area contributed by atoms with Gasteiger partial charge in [0.25, 0.3) is 0 Å². The molecule has 1 aliphatic rings. The summed E-state index contributed by atoms with van der Waals surface area (Å²) in [7, 11) is -3.59. The van der Waals surface area contributed by atoms with E-state index >= 15 is 0 Å². The van der Waals surface area contributed by atoms with Crippen molar-refractivity contribution in [3.63, 3.8) is 0 Å². The number of anilines is 3. The number of nitrogens with one attached hydrogen (secondary N) is 2. The average molecular weight is 455 g/mol. The predicted octanol–water partition coefficient (Wildman–Crippen LogP) is 4.67. The first-order chi connectivity index (χ1) is 14.2. The molecule has 2 aromatic carbocycles. The lowest BCUT2D eigenvalue weighted by Gasteiger charge is -2.31. The molecule has 162 valence electrons. The van der Waals surface area contributed by atoms with Crippen LogP contribution in [0.15, 0.2) is 29.3 Å². The lowest BCUT2D eigenvalue weighted by molar-refractivity contribution is 0.0573. The molecule has 3 rings (SSSR count). The van der Waals surface area contributed by atoms with Crippen molar-refractivity contribution in [2.75, 3.05) is 22.3 Å². The minimum Gasteiger partial charge on any atom is -0.369 e. The van der Waals surface area contributed by atoms with Crippen LogP contribution in [0.4, 0.5) is 27.1 Å². The topological polar surface area (TPSA) is 94.0 Å². The minimum absolute atomic E-state index is 0.0578. The number of halogens is 2. The molecular formula is C20H24ClFN4O3S. The summed E-state index contributed by atoms with van der Waals surface area (Å²) in [6, 6.07) is 5.86. The zero-order valence-electron chi connectivity index (χ0n) is 16.9. The van der Waals surface area contributed by atoms with Crippen molar-refractivity contribution in [3.05, 3.63) is 46.2 Å². The molecule has 0 aliphatic carbocycles. The maximum Gasteiger partial charge on any atom is 0.232 e. The van der Waals surface area contributed by atoms with E-state index in [9.17, 15) is 17.9 Å². The van der Waals surface area contributed by atoms with Gasteiger partial charge in [-0.25, -0.2) is 17.8 Å². The monoisotopic (exact) mass is 454 g/mol. The molecule has 3 N–H and O–H groups in total. The molecule has 10 heteroatoms. The van der Waals surface area contributed by atoms with E-state index in [-0.39, 0.29) is 22.2 Å². The Morgan fingerprint density at radius 1 is 1.23 bits per heavy atom. The van der Waals surface area contributed by atoms with Gasteiger partial charge in [0.05, 0.1) is 34.2 Å². The zero-order valence-corrected chi connectivity index (χ0v) is 18.5. The van der Waals surface area contributed by atoms with Crippen LogP contribution < -0.4 is 10.0 Å². The summed E-state index contributed by atoms with van der Waals surface area (Å²) >= 11 is 6.33. The third kappa shape index (κ3) is 4.38. The van der Waals surface area contributed by atoms with Gasteiger partial charge in [-0.1, -0.05) is 18.5 Å². The van der Waals surface area contributed by atoms with E-state index in [0.29, 0.717) is 35.5 Å². The fourth-order valence-electron chi connectivity index (χ4n) is 3.28. The maximum atomic E-state index is 14.6. The highest BCUT2D eigenvalue weighted by Crippen LogP contribution is 2.40. The first-order valence-electron chi connectivity index (χ1n) is 9.55. The van der Waals surface area contributed by atoms with E-state index in [1.807, 2.05) is 6.92 Å². The Bertz CT molecular complexity index is 1090. The first kappa shape index (κ1) is 22.3. The highest BCUT2D eigenvalue weighted by molar-refractivity contribution is 7.92. The maximum absolute atomic E-state index is 14.6. The van der Waals surface area contributed by atoms with Gasteiger partial charge in [-0.3, -0.25) is 4.72 Å². The zero-order chi connectivity index (χ0) is 22.1. The number of hydrogen-bond donors (Lipinski definition) is 3. The van der Waals surface area contributed by atoms with Gasteiger partial charge in [0.2, 0.25) is 10.0 Å². The standard InChI is InChI=1S/C20H24ClFN4O3S/c1-4-10-30(28,29)25-16-7-6-13(22)19(18(16)21)24-14-8-9-15-17(12(14)3)20(27)26(5-2)11-23-15/h6-9,11,20,24-25,27H,4-5,10H2,1-3H3. The molecule has 0 spiro atoms. The molecule has 0 saturated heterocycles. The van der Waals surface area contributed by atoms with E-state index in [2.05, 4.69) is 15.0 Å². The fraction of sp³-hybridized carbons (Fsp3) is 0.350. The van der Waals surface area contributed by atoms with Crippen LogP contribution in [-0.4, -0.2) is 37.1 Å². The Morgan fingerprint density at radius 2 is 1.93 bits per heavy atom. The lowest BCUT2D eigenvalue weighted by atomic mass is 10.0. The number of aliphatic hydroxyl groups is 1. The minimum atomic E-state index is -3.59. The number of rotatable bonds is 7. The summed E-state index contributed by atoms with van der Waals surface area (Å²) < 4.78 is 41.1. The smallest absolute Gasteiger partial charge is 0.232 e. The van der Waals surface area contributed by atoms with E-state index in [4.69, 9.17) is 11.6 Å². The summed E-state index contributed by atoms with van der Waals surface area (Å²) in [5, 5.41) is 13.5. The average Bonchev–Trinajstić information content (AvgIpc) is 2.69. The lowest BCUT2D eigenvalue weighted by Crippen LogP contribution is -2.30. The molecule has 7 nitrogen and oxygen atoms in total. The van der Waals surface area contributed by atoms with Gasteiger partial charge in [0, 0.05) is 17.8 Å². The molecule has 0 amide bonds. The van der Waals surface area contributed by atoms with Gasteiger partial charge in [0.15, 0.2) is 6.23 Å². The van der Waals surface area contributed by atoms with Gasteiger partial charge in [-0.2, -0.15) is 0 Å². The molecule has 0 bridgehead atoms. The van der Waals surface area contributed by atoms with E-state index in [0.717, 1.165) is 6.07 Å². The highest BCUT2D eigenvalue weighted by Gasteiger charge is 2.25. The number of hydrogen-bond acceptors (Lipinski definition) is 6. The van der Waals surface area contributed by atoms with E-state index in [1.54, 1.807) is 37.2 Å². The second-order valence-corrected chi connectivity index (χ2v) is 9.17. The summed E-state index contributed by atoms with van der Waals surface area (Å²) in [5.41, 5.74) is 2.48. The van der Waals surface area contributed by atoms with Gasteiger partial charge >= 0.3 is 0 Å². The largest absolute Gasteiger partial charge is 0.369 e. The molecule has 2 aromatic rings. The second kappa shape index (κ2) is 8.79. The van der Waals surface area contributed by atoms with Crippen LogP contribution in [0.25, 0.3) is 0 Å². The SMILES string of the molecule is CCCS(=O)(=O)Nc1ccc(F)c(Nc2ccc3c(c2C)C(O)N(CC)C=N3)c1Cl. The number of fused-ring (bicyclic) bond motifs is 1. The van der Waals surface area contributed by atoms with Crippen LogP contribution in [0.1, 0.15) is 37.6 Å². The Balaban J connectivity index is 1.99. The van der Waals surface area contributed by atoms with Crippen molar-refractivity contribution < 1.29 is 17.9 Å². The van der Waals surface area contributed by atoms with Crippen LogP contribution in [0.2, 0.25) is 5.02 Å². The molecule has 0 fully saturated rings. The summed E-state index contributed by atoms with van der Waals surface area (Å²) in [4.78, 5) is 6.02. The van der Waals surface area contributed by atoms with Gasteiger partial charge in [0.1, 0.15) is 5.82 Å². The number of aliphatic imine (C=N–C) groups is 1. The number of sulfonamides is 1. The van der Waals surface area contributed by atoms with Crippen molar-refractivity contribution in [1.82, 2.24) is 4.90 Å². The molecular weight excluding hydrogens is 431 g/mol. The van der Waals surface area contributed by atoms with E-state index < -0.39 is 22.1 Å². The Labute approximate surface area is 180 Å². The summed E-state index contributed by atoms with van der Waals surface area (Å²) in [6.45, 7) is 6.01. The molecule has 0 saturated carbocycles. The molecule has 30 heavy (non-hydrogen) atoms. The van der Waals surface area contributed by atoms with Crippen molar-refractivity contribution >= 4 is 50.7 Å². The van der Waals surface area contributed by atoms with Crippen molar-refractivity contribution in [2.24, 2.45) is 4.99 Å². The Kier molecular flexibility index (Phi) is 6.54. The fourth-order valence-corrected chi connectivity index (χ4v) is 4.72. The van der Waals surface area contributed by atoms with Crippen LogP contribution >= 0.6 is 11.6 Å². The number of benzene rings is 2. The molecule has 1 atom stereocenters. The van der Waals surface area contributed by atoms with Crippen LogP contribution in [0.3, 0.4) is 0 Å². The first-order valence-corrected chi connectivity index (χ1v) is 11.6. The molecule has 0 radical (unpaired) electrons. The molecule has 0 aromatic heterocycles. The highest BCUT2D eigenvalue weighted by atomic mass is 35.5. The third-order valence-corrected chi connectivity index (χ3v) is 6.73. The summed E-state index contributed by atoms with van der Waals surface area (Å²) in [5.74, 6) is -0.705. The quantitative estimate of drug-likeness (QED) is 0.565. The van der Waals surface area contributed by atoms with Crippen LogP contribution in [0, 0.1) is 12.7 Å². The third-order valence-electron chi connectivity index (χ3n) is 4.86. The van der Waals surface area contributed by atoms with Crippen molar-refractivity contribution in [2.45, 2.75) is 33.4 Å². The Hall–Kier alpha value is -2.36. The molecule has 1 unspecified atom stereocenters. The number of nitrogens with zero attached hydrogens (tertiary/aromatic N) is 2. The number of aliphatic hydroxyl groups excluding tert-OH is 1. The van der Waals surface area contributed by atoms with Crippen molar-refractivity contribution in [3.8, 4) is 0 Å². The molecule has 1 heterocycles. The van der Waals surface area contributed by atoms with Gasteiger partial charge < -0.3 is 15.3 Å². The summed E-state index contributed by atoms with van der Waals surface area (Å²) in [6.07, 6.45) is 1.14. The van der Waals surface area contributed by atoms with Crippen LogP contribution in [0.5, 0.6) is 0 Å². The van der Waals surface area contributed by atoms with Crippen molar-refractivity contribution in [1.29, 1.82) is 0 Å². The predicted molar refractivity (Wildman–Crippen MR) is 119 cm³/mol. The Morgan fingerprint density at radius 3 is 2.60 bits per heavy atom. The van der Waals surface area contributed by atoms with Crippen LogP contribution in [-0.2, 0) is 10.0 Å². The van der Waals surface area contributed by atoms with Gasteiger partial charge in [-0.15, -0.1) is 0 Å². The van der Waals surface area contributed by atoms with E-state index in [1.165, 1.54) is 6.07 Å². The normalized spacial score (nSPS) is 15.8. The second-order valence-electron chi connectivity index (χ2n) is 6.95. The van der Waals surface area contributed by atoms with Gasteiger partial charge in [-0.05, 0) is 50.1 Å².